The molecule has 0 amide bonds. The molecule has 3 nitrogen and oxygen atoms in total. The first-order chi connectivity index (χ1) is 10.1. The fourth-order valence-corrected chi connectivity index (χ4v) is 3.95. The molecule has 3 rings (SSSR count). The molecule has 0 spiro atoms. The quantitative estimate of drug-likeness (QED) is 0.825. The highest BCUT2D eigenvalue weighted by Crippen LogP contribution is 2.44. The van der Waals surface area contributed by atoms with E-state index in [4.69, 9.17) is 17.0 Å². The highest BCUT2D eigenvalue weighted by molar-refractivity contribution is 7.80. The summed E-state index contributed by atoms with van der Waals surface area (Å²) in [5.74, 6) is 2.63. The van der Waals surface area contributed by atoms with Crippen LogP contribution in [0.5, 0.6) is 5.75 Å². The molecule has 0 saturated heterocycles. The number of thiocarbonyl (C=S) groups is 1. The van der Waals surface area contributed by atoms with Crippen LogP contribution in [0.1, 0.15) is 39.5 Å². The normalized spacial score (nSPS) is 26.9. The zero-order valence-electron chi connectivity index (χ0n) is 12.8. The van der Waals surface area contributed by atoms with Gasteiger partial charge < -0.3 is 15.4 Å². The fraction of sp³-hybridized carbons (Fsp3) is 0.588. The first kappa shape index (κ1) is 14.6. The molecule has 2 saturated carbocycles. The van der Waals surface area contributed by atoms with Gasteiger partial charge in [0, 0.05) is 17.8 Å². The minimum atomic E-state index is 0.180. The molecule has 2 bridgehead atoms. The van der Waals surface area contributed by atoms with E-state index in [1.54, 1.807) is 0 Å². The smallest absolute Gasteiger partial charge is 0.171 e. The minimum absolute atomic E-state index is 0.180. The van der Waals surface area contributed by atoms with Gasteiger partial charge in [-0.25, -0.2) is 0 Å². The lowest BCUT2D eigenvalue weighted by molar-refractivity contribution is 0.242. The third-order valence-corrected chi connectivity index (χ3v) is 4.74. The van der Waals surface area contributed by atoms with E-state index in [1.165, 1.54) is 25.7 Å². The van der Waals surface area contributed by atoms with Crippen LogP contribution in [0.2, 0.25) is 0 Å². The van der Waals surface area contributed by atoms with Crippen molar-refractivity contribution >= 4 is 23.0 Å². The molecule has 1 aromatic carbocycles. The van der Waals surface area contributed by atoms with E-state index in [-0.39, 0.29) is 6.10 Å². The summed E-state index contributed by atoms with van der Waals surface area (Å²) in [6.07, 6.45) is 5.63. The lowest BCUT2D eigenvalue weighted by atomic mass is 9.96. The average Bonchev–Trinajstić information content (AvgIpc) is 3.00. The zero-order valence-corrected chi connectivity index (χ0v) is 13.6. The second kappa shape index (κ2) is 6.22. The second-order valence-corrected chi connectivity index (χ2v) is 6.98. The summed E-state index contributed by atoms with van der Waals surface area (Å²) in [7, 11) is 0. The predicted octanol–water partition coefficient (Wildman–Crippen LogP) is 3.95. The predicted molar refractivity (Wildman–Crippen MR) is 90.8 cm³/mol. The monoisotopic (exact) mass is 304 g/mol. The van der Waals surface area contributed by atoms with Gasteiger partial charge in [-0.05, 0) is 69.3 Å². The van der Waals surface area contributed by atoms with Crippen LogP contribution in [0, 0.1) is 11.8 Å². The van der Waals surface area contributed by atoms with Gasteiger partial charge in [0.1, 0.15) is 5.75 Å². The van der Waals surface area contributed by atoms with Crippen LogP contribution >= 0.6 is 12.2 Å². The number of nitrogens with one attached hydrogen (secondary N) is 2. The van der Waals surface area contributed by atoms with Gasteiger partial charge in [-0.3, -0.25) is 0 Å². The Morgan fingerprint density at radius 2 is 2.14 bits per heavy atom. The van der Waals surface area contributed by atoms with E-state index in [9.17, 15) is 0 Å². The van der Waals surface area contributed by atoms with Crippen LogP contribution in [0.3, 0.4) is 0 Å². The topological polar surface area (TPSA) is 33.3 Å². The van der Waals surface area contributed by atoms with Crippen LogP contribution in [-0.4, -0.2) is 17.3 Å². The molecular formula is C17H24N2OS. The Kier molecular flexibility index (Phi) is 4.34. The van der Waals surface area contributed by atoms with Gasteiger partial charge in [0.25, 0.3) is 0 Å². The third-order valence-electron chi connectivity index (χ3n) is 4.52. The number of benzene rings is 1. The average molecular weight is 304 g/mol. The molecule has 2 N–H and O–H groups in total. The van der Waals surface area contributed by atoms with Crippen molar-refractivity contribution in [2.45, 2.75) is 51.7 Å². The lowest BCUT2D eigenvalue weighted by Gasteiger charge is -2.24. The van der Waals surface area contributed by atoms with Gasteiger partial charge in [0.15, 0.2) is 5.11 Å². The summed E-state index contributed by atoms with van der Waals surface area (Å²) in [5.41, 5.74) is 0.980. The molecule has 0 radical (unpaired) electrons. The minimum Gasteiger partial charge on any atom is -0.491 e. The van der Waals surface area contributed by atoms with E-state index in [0.717, 1.165) is 28.4 Å². The Morgan fingerprint density at radius 3 is 2.81 bits per heavy atom. The van der Waals surface area contributed by atoms with Crippen molar-refractivity contribution in [3.8, 4) is 5.75 Å². The standard InChI is InChI=1S/C17H24N2OS/c1-11(2)20-15-5-3-4-14(10-15)18-17(21)19-16-9-12-6-7-13(16)8-12/h3-5,10-13,16H,6-9H2,1-2H3,(H2,18,19,21)/t12-,13+,16-/m0/s1. The van der Waals surface area contributed by atoms with Gasteiger partial charge in [0.2, 0.25) is 0 Å². The van der Waals surface area contributed by atoms with Gasteiger partial charge in [-0.15, -0.1) is 0 Å². The Hall–Kier alpha value is -1.29. The summed E-state index contributed by atoms with van der Waals surface area (Å²) in [6, 6.07) is 8.54. The number of anilines is 1. The van der Waals surface area contributed by atoms with Crippen molar-refractivity contribution in [3.63, 3.8) is 0 Å². The molecule has 0 unspecified atom stereocenters. The molecule has 0 heterocycles. The van der Waals surface area contributed by atoms with Gasteiger partial charge in [-0.1, -0.05) is 12.5 Å². The summed E-state index contributed by atoms with van der Waals surface area (Å²) in [5, 5.41) is 7.51. The highest BCUT2D eigenvalue weighted by Gasteiger charge is 2.39. The van der Waals surface area contributed by atoms with Gasteiger partial charge >= 0.3 is 0 Å². The number of hydrogen-bond acceptors (Lipinski definition) is 2. The van der Waals surface area contributed by atoms with Crippen molar-refractivity contribution in [2.24, 2.45) is 11.8 Å². The Balaban J connectivity index is 1.55. The van der Waals surface area contributed by atoms with Crippen LogP contribution in [-0.2, 0) is 0 Å². The molecule has 2 aliphatic carbocycles. The molecule has 2 aliphatic rings. The molecule has 21 heavy (non-hydrogen) atoms. The van der Waals surface area contributed by atoms with E-state index in [1.807, 2.05) is 38.1 Å². The van der Waals surface area contributed by atoms with Crippen LogP contribution in [0.4, 0.5) is 5.69 Å². The number of fused-ring (bicyclic) bond motifs is 2. The number of hydrogen-bond donors (Lipinski definition) is 2. The zero-order chi connectivity index (χ0) is 14.8. The summed E-state index contributed by atoms with van der Waals surface area (Å²) in [4.78, 5) is 0. The van der Waals surface area contributed by atoms with Crippen molar-refractivity contribution in [1.29, 1.82) is 0 Å². The maximum absolute atomic E-state index is 5.71. The third kappa shape index (κ3) is 3.67. The van der Waals surface area contributed by atoms with Crippen molar-refractivity contribution in [3.05, 3.63) is 24.3 Å². The van der Waals surface area contributed by atoms with Gasteiger partial charge in [0.05, 0.1) is 6.10 Å². The largest absolute Gasteiger partial charge is 0.491 e. The van der Waals surface area contributed by atoms with E-state index < -0.39 is 0 Å². The summed E-state index contributed by atoms with van der Waals surface area (Å²) >= 11 is 5.46. The van der Waals surface area contributed by atoms with Crippen molar-refractivity contribution < 1.29 is 4.74 Å². The van der Waals surface area contributed by atoms with Crippen molar-refractivity contribution in [1.82, 2.24) is 5.32 Å². The maximum atomic E-state index is 5.71. The Bertz CT molecular complexity index is 517. The molecule has 1 aromatic rings. The van der Waals surface area contributed by atoms with Gasteiger partial charge in [-0.2, -0.15) is 0 Å². The van der Waals surface area contributed by atoms with Crippen LogP contribution < -0.4 is 15.4 Å². The maximum Gasteiger partial charge on any atom is 0.171 e. The van der Waals surface area contributed by atoms with Crippen LogP contribution in [0.15, 0.2) is 24.3 Å². The van der Waals surface area contributed by atoms with E-state index in [0.29, 0.717) is 6.04 Å². The molecule has 4 heteroatoms. The Labute approximate surface area is 132 Å². The number of ether oxygens (including phenoxy) is 1. The SMILES string of the molecule is CC(C)Oc1cccc(NC(=S)N[C@H]2C[C@H]3CC[C@@H]2C3)c1. The molecule has 0 aliphatic heterocycles. The molecule has 3 atom stereocenters. The molecule has 0 aromatic heterocycles. The summed E-state index contributed by atoms with van der Waals surface area (Å²) < 4.78 is 5.71. The van der Waals surface area contributed by atoms with Crippen LogP contribution in [0.25, 0.3) is 0 Å². The molecule has 2 fully saturated rings. The molecular weight excluding hydrogens is 280 g/mol. The first-order valence-electron chi connectivity index (χ1n) is 7.94. The van der Waals surface area contributed by atoms with E-state index in [2.05, 4.69) is 10.6 Å². The fourth-order valence-electron chi connectivity index (χ4n) is 3.68. The Morgan fingerprint density at radius 1 is 1.29 bits per heavy atom. The molecule has 114 valence electrons. The van der Waals surface area contributed by atoms with Crippen molar-refractivity contribution in [2.75, 3.05) is 5.32 Å². The van der Waals surface area contributed by atoms with E-state index >= 15 is 0 Å². The summed E-state index contributed by atoms with van der Waals surface area (Å²) in [6.45, 7) is 4.06. The lowest BCUT2D eigenvalue weighted by Crippen LogP contribution is -2.40. The second-order valence-electron chi connectivity index (χ2n) is 6.57. The number of rotatable bonds is 4. The first-order valence-corrected chi connectivity index (χ1v) is 8.35. The highest BCUT2D eigenvalue weighted by atomic mass is 32.1.